The molecule has 2 unspecified atom stereocenters. The van der Waals surface area contributed by atoms with E-state index in [1.165, 1.54) is 0 Å². The molecule has 1 saturated heterocycles. The Balaban J connectivity index is 2.08. The summed E-state index contributed by atoms with van der Waals surface area (Å²) in [5.41, 5.74) is 1.71. The van der Waals surface area contributed by atoms with Crippen molar-refractivity contribution in [3.63, 3.8) is 0 Å². The van der Waals surface area contributed by atoms with Gasteiger partial charge in [-0.3, -0.25) is 4.98 Å². The molecule has 1 aliphatic rings. The second kappa shape index (κ2) is 5.65. The van der Waals surface area contributed by atoms with Crippen molar-refractivity contribution in [1.29, 1.82) is 0 Å². The summed E-state index contributed by atoms with van der Waals surface area (Å²) < 4.78 is 10.8. The highest BCUT2D eigenvalue weighted by Crippen LogP contribution is 2.23. The molecule has 2 rings (SSSR count). The zero-order valence-corrected chi connectivity index (χ0v) is 11.0. The minimum Gasteiger partial charge on any atom is -0.387 e. The minimum atomic E-state index is -0.531. The Labute approximate surface area is 107 Å². The molecule has 1 N–H and O–H groups in total. The van der Waals surface area contributed by atoms with Crippen molar-refractivity contribution >= 4 is 5.69 Å². The van der Waals surface area contributed by atoms with E-state index in [-0.39, 0.29) is 12.2 Å². The molecule has 1 fully saturated rings. The first-order valence-electron chi connectivity index (χ1n) is 6.10. The number of ether oxygens (including phenoxy) is 2. The van der Waals surface area contributed by atoms with Gasteiger partial charge in [-0.05, 0) is 19.1 Å². The highest BCUT2D eigenvalue weighted by atomic mass is 16.5. The van der Waals surface area contributed by atoms with E-state index in [1.807, 2.05) is 12.1 Å². The van der Waals surface area contributed by atoms with Crippen LogP contribution in [0, 0.1) is 0 Å². The molecule has 0 aliphatic carbocycles. The highest BCUT2D eigenvalue weighted by molar-refractivity contribution is 5.46. The Bertz CT molecular complexity index is 368. The summed E-state index contributed by atoms with van der Waals surface area (Å²) in [6.45, 7) is 3.30. The molecule has 1 aromatic rings. The number of pyridine rings is 1. The summed E-state index contributed by atoms with van der Waals surface area (Å²) in [5.74, 6) is 0. The van der Waals surface area contributed by atoms with Crippen molar-refractivity contribution in [2.24, 2.45) is 0 Å². The normalized spacial score (nSPS) is 25.4. The highest BCUT2D eigenvalue weighted by Gasteiger charge is 2.33. The zero-order valence-electron chi connectivity index (χ0n) is 11.0. The predicted molar refractivity (Wildman–Crippen MR) is 68.7 cm³/mol. The molecule has 3 atom stereocenters. The zero-order chi connectivity index (χ0) is 13.1. The van der Waals surface area contributed by atoms with E-state index >= 15 is 0 Å². The molecular formula is C13H20N2O3. The van der Waals surface area contributed by atoms with Crippen molar-refractivity contribution in [2.45, 2.75) is 25.2 Å². The molecule has 0 saturated carbocycles. The smallest absolute Gasteiger partial charge is 0.102 e. The van der Waals surface area contributed by atoms with Crippen LogP contribution in [0.5, 0.6) is 0 Å². The lowest BCUT2D eigenvalue weighted by molar-refractivity contribution is -0.00461. The lowest BCUT2D eigenvalue weighted by atomic mass is 10.2. The van der Waals surface area contributed by atoms with E-state index in [0.29, 0.717) is 5.69 Å². The van der Waals surface area contributed by atoms with Crippen molar-refractivity contribution in [1.82, 2.24) is 4.98 Å². The van der Waals surface area contributed by atoms with Gasteiger partial charge in [-0.25, -0.2) is 0 Å². The van der Waals surface area contributed by atoms with Gasteiger partial charge in [0.05, 0.1) is 23.7 Å². The van der Waals surface area contributed by atoms with E-state index in [0.717, 1.165) is 18.8 Å². The number of hydrogen-bond donors (Lipinski definition) is 1. The first-order chi connectivity index (χ1) is 8.65. The lowest BCUT2D eigenvalue weighted by Crippen LogP contribution is -2.27. The molecule has 5 heteroatoms. The first kappa shape index (κ1) is 13.3. The maximum absolute atomic E-state index is 9.42. The SMILES string of the molecule is COC1CN(c2ccc([C@H](C)O)nc2)CC1OC. The van der Waals surface area contributed by atoms with Crippen molar-refractivity contribution in [2.75, 3.05) is 32.2 Å². The standard InChI is InChI=1S/C13H20N2O3/c1-9(16)11-5-4-10(6-14-11)15-7-12(17-2)13(8-15)18-3/h4-6,9,12-13,16H,7-8H2,1-3H3/t9-,12?,13?/m0/s1. The van der Waals surface area contributed by atoms with Crippen LogP contribution in [0.2, 0.25) is 0 Å². The Morgan fingerprint density at radius 2 is 1.89 bits per heavy atom. The third-order valence-electron chi connectivity index (χ3n) is 3.38. The Morgan fingerprint density at radius 1 is 1.28 bits per heavy atom. The van der Waals surface area contributed by atoms with Gasteiger partial charge in [-0.15, -0.1) is 0 Å². The van der Waals surface area contributed by atoms with Gasteiger partial charge < -0.3 is 19.5 Å². The predicted octanol–water partition coefficient (Wildman–Crippen LogP) is 0.985. The quantitative estimate of drug-likeness (QED) is 0.866. The molecule has 18 heavy (non-hydrogen) atoms. The Morgan fingerprint density at radius 3 is 2.28 bits per heavy atom. The van der Waals surface area contributed by atoms with Gasteiger partial charge in [0.2, 0.25) is 0 Å². The average molecular weight is 252 g/mol. The maximum atomic E-state index is 9.42. The number of rotatable bonds is 4. The van der Waals surface area contributed by atoms with Crippen molar-refractivity contribution < 1.29 is 14.6 Å². The molecule has 0 aromatic carbocycles. The van der Waals surface area contributed by atoms with Crippen LogP contribution in [-0.2, 0) is 9.47 Å². The van der Waals surface area contributed by atoms with Crippen molar-refractivity contribution in [3.05, 3.63) is 24.0 Å². The number of anilines is 1. The number of aliphatic hydroxyl groups excluding tert-OH is 1. The van der Waals surface area contributed by atoms with Gasteiger partial charge in [0, 0.05) is 27.3 Å². The molecule has 0 radical (unpaired) electrons. The fourth-order valence-electron chi connectivity index (χ4n) is 2.24. The largest absolute Gasteiger partial charge is 0.387 e. The van der Waals surface area contributed by atoms with Gasteiger partial charge in [0.15, 0.2) is 0 Å². The van der Waals surface area contributed by atoms with E-state index in [2.05, 4.69) is 9.88 Å². The fourth-order valence-corrected chi connectivity index (χ4v) is 2.24. The van der Waals surface area contributed by atoms with Crippen LogP contribution >= 0.6 is 0 Å². The summed E-state index contributed by atoms with van der Waals surface area (Å²) in [4.78, 5) is 6.43. The van der Waals surface area contributed by atoms with Gasteiger partial charge >= 0.3 is 0 Å². The van der Waals surface area contributed by atoms with Crippen LogP contribution in [-0.4, -0.2) is 49.6 Å². The number of aliphatic hydroxyl groups is 1. The van der Waals surface area contributed by atoms with Gasteiger partial charge in [-0.1, -0.05) is 0 Å². The molecule has 1 aliphatic heterocycles. The lowest BCUT2D eigenvalue weighted by Gasteiger charge is -2.18. The van der Waals surface area contributed by atoms with Crippen LogP contribution < -0.4 is 4.90 Å². The molecule has 0 spiro atoms. The third kappa shape index (κ3) is 2.63. The molecule has 100 valence electrons. The monoisotopic (exact) mass is 252 g/mol. The number of aromatic nitrogens is 1. The van der Waals surface area contributed by atoms with Gasteiger partial charge in [-0.2, -0.15) is 0 Å². The fraction of sp³-hybridized carbons (Fsp3) is 0.615. The van der Waals surface area contributed by atoms with Crippen LogP contribution in [0.1, 0.15) is 18.7 Å². The van der Waals surface area contributed by atoms with E-state index in [9.17, 15) is 5.11 Å². The number of hydrogen-bond acceptors (Lipinski definition) is 5. The topological polar surface area (TPSA) is 54.8 Å². The van der Waals surface area contributed by atoms with Crippen LogP contribution in [0.3, 0.4) is 0 Å². The van der Waals surface area contributed by atoms with Gasteiger partial charge in [0.25, 0.3) is 0 Å². The summed E-state index contributed by atoms with van der Waals surface area (Å²) in [5, 5.41) is 9.42. The Hall–Kier alpha value is -1.17. The van der Waals surface area contributed by atoms with E-state index in [1.54, 1.807) is 27.3 Å². The molecular weight excluding hydrogens is 232 g/mol. The maximum Gasteiger partial charge on any atom is 0.102 e. The van der Waals surface area contributed by atoms with E-state index in [4.69, 9.17) is 9.47 Å². The third-order valence-corrected chi connectivity index (χ3v) is 3.38. The second-order valence-corrected chi connectivity index (χ2v) is 4.57. The molecule has 2 heterocycles. The molecule has 5 nitrogen and oxygen atoms in total. The molecule has 0 amide bonds. The first-order valence-corrected chi connectivity index (χ1v) is 6.10. The minimum absolute atomic E-state index is 0.0893. The van der Waals surface area contributed by atoms with Gasteiger partial charge in [0.1, 0.15) is 12.2 Å². The second-order valence-electron chi connectivity index (χ2n) is 4.57. The van der Waals surface area contributed by atoms with Crippen molar-refractivity contribution in [3.8, 4) is 0 Å². The van der Waals surface area contributed by atoms with Crippen LogP contribution in [0.25, 0.3) is 0 Å². The summed E-state index contributed by atoms with van der Waals surface area (Å²) in [6.07, 6.45) is 1.43. The molecule has 0 bridgehead atoms. The average Bonchev–Trinajstić information content (AvgIpc) is 2.82. The number of methoxy groups -OCH3 is 2. The summed E-state index contributed by atoms with van der Waals surface area (Å²) in [7, 11) is 3.41. The summed E-state index contributed by atoms with van der Waals surface area (Å²) >= 11 is 0. The summed E-state index contributed by atoms with van der Waals surface area (Å²) in [6, 6.07) is 3.82. The van der Waals surface area contributed by atoms with Crippen LogP contribution in [0.15, 0.2) is 18.3 Å². The van der Waals surface area contributed by atoms with E-state index < -0.39 is 6.10 Å². The Kier molecular flexibility index (Phi) is 4.16. The number of nitrogens with zero attached hydrogens (tertiary/aromatic N) is 2. The molecule has 1 aromatic heterocycles. The van der Waals surface area contributed by atoms with Crippen LogP contribution in [0.4, 0.5) is 5.69 Å².